The van der Waals surface area contributed by atoms with Crippen molar-refractivity contribution >= 4 is 23.1 Å². The minimum atomic E-state index is -0.761. The van der Waals surface area contributed by atoms with Crippen molar-refractivity contribution in [1.29, 1.82) is 0 Å². The lowest BCUT2D eigenvalue weighted by Crippen LogP contribution is -2.36. The summed E-state index contributed by atoms with van der Waals surface area (Å²) >= 11 is 1.63. The molecule has 29 heavy (non-hydrogen) atoms. The Morgan fingerprint density at radius 3 is 2.72 bits per heavy atom. The van der Waals surface area contributed by atoms with E-state index in [1.807, 2.05) is 17.5 Å². The molecule has 1 aromatic heterocycles. The third-order valence-corrected chi connectivity index (χ3v) is 6.52. The molecule has 0 unspecified atom stereocenters. The van der Waals surface area contributed by atoms with Crippen LogP contribution in [-0.4, -0.2) is 18.4 Å². The molecular formula is C23H22FNO3S. The van der Waals surface area contributed by atoms with Gasteiger partial charge in [0.2, 0.25) is 0 Å². The number of carbonyl (C=O) groups is 2. The van der Waals surface area contributed by atoms with Crippen molar-refractivity contribution in [3.05, 3.63) is 80.6 Å². The number of hydrogen-bond donors (Lipinski definition) is 1. The van der Waals surface area contributed by atoms with E-state index in [4.69, 9.17) is 4.74 Å². The number of ketones is 1. The number of carbonyl (C=O) groups excluding carboxylic acids is 2. The van der Waals surface area contributed by atoms with Gasteiger partial charge < -0.3 is 10.1 Å². The number of nitrogens with one attached hydrogen (secondary N) is 1. The lowest BCUT2D eigenvalue weighted by atomic mass is 9.72. The maximum absolute atomic E-state index is 14.8. The van der Waals surface area contributed by atoms with Gasteiger partial charge in [0.15, 0.2) is 5.78 Å². The number of benzene rings is 1. The number of ether oxygens (including phenoxy) is 1. The van der Waals surface area contributed by atoms with Crippen molar-refractivity contribution in [2.45, 2.75) is 38.5 Å². The van der Waals surface area contributed by atoms with Crippen LogP contribution >= 0.6 is 11.3 Å². The molecule has 2 aliphatic rings. The average molecular weight is 411 g/mol. The minimum absolute atomic E-state index is 0.0558. The standard InChI is InChI=1S/C23H22FNO3S/c1-3-28-23(27)20-13(2)25-17-11-14(19-9-6-10-29-19)12-18(26)22(17)21(20)15-7-4-5-8-16(15)24/h4-10,14,21,25H,3,11-12H2,1-2H3/t14-,21+/m1/s1. The Morgan fingerprint density at radius 1 is 1.24 bits per heavy atom. The van der Waals surface area contributed by atoms with E-state index in [0.717, 1.165) is 10.6 Å². The molecule has 6 heteroatoms. The summed E-state index contributed by atoms with van der Waals surface area (Å²) in [5.41, 5.74) is 2.50. The molecule has 4 rings (SSSR count). The summed E-state index contributed by atoms with van der Waals surface area (Å²) in [4.78, 5) is 27.2. The average Bonchev–Trinajstić information content (AvgIpc) is 3.22. The zero-order chi connectivity index (χ0) is 20.5. The summed E-state index contributed by atoms with van der Waals surface area (Å²) in [5, 5.41) is 5.27. The predicted molar refractivity (Wildman–Crippen MR) is 110 cm³/mol. The predicted octanol–water partition coefficient (Wildman–Crippen LogP) is 4.81. The van der Waals surface area contributed by atoms with Gasteiger partial charge in [-0.2, -0.15) is 0 Å². The highest BCUT2D eigenvalue weighted by Crippen LogP contribution is 2.46. The maximum Gasteiger partial charge on any atom is 0.336 e. The first-order valence-corrected chi connectivity index (χ1v) is 10.6. The first kappa shape index (κ1) is 19.6. The summed E-state index contributed by atoms with van der Waals surface area (Å²) < 4.78 is 20.0. The van der Waals surface area contributed by atoms with Gasteiger partial charge in [0, 0.05) is 39.7 Å². The Labute approximate surface area is 173 Å². The number of hydrogen-bond acceptors (Lipinski definition) is 5. The van der Waals surface area contributed by atoms with E-state index < -0.39 is 17.7 Å². The third-order valence-electron chi connectivity index (χ3n) is 5.48. The molecular weight excluding hydrogens is 389 g/mol. The number of thiophene rings is 1. The van der Waals surface area contributed by atoms with Gasteiger partial charge in [0.1, 0.15) is 5.82 Å². The number of esters is 1. The largest absolute Gasteiger partial charge is 0.463 e. The van der Waals surface area contributed by atoms with Gasteiger partial charge in [-0.25, -0.2) is 9.18 Å². The Kier molecular flexibility index (Phi) is 5.37. The fourth-order valence-electron chi connectivity index (χ4n) is 4.26. The summed E-state index contributed by atoms with van der Waals surface area (Å²) in [7, 11) is 0. The zero-order valence-corrected chi connectivity index (χ0v) is 17.1. The molecule has 0 saturated heterocycles. The van der Waals surface area contributed by atoms with Crippen LogP contribution in [0.25, 0.3) is 0 Å². The van der Waals surface area contributed by atoms with Crippen LogP contribution in [0.3, 0.4) is 0 Å². The lowest BCUT2D eigenvalue weighted by molar-refractivity contribution is -0.138. The maximum atomic E-state index is 14.8. The molecule has 1 aliphatic carbocycles. The number of halogens is 1. The molecule has 0 spiro atoms. The van der Waals surface area contributed by atoms with Crippen LogP contribution in [0.5, 0.6) is 0 Å². The highest BCUT2D eigenvalue weighted by molar-refractivity contribution is 7.10. The number of dihydropyridines is 1. The number of rotatable bonds is 4. The first-order valence-electron chi connectivity index (χ1n) is 9.70. The highest BCUT2D eigenvalue weighted by atomic mass is 32.1. The van der Waals surface area contributed by atoms with Gasteiger partial charge in [0.05, 0.1) is 18.1 Å². The van der Waals surface area contributed by atoms with E-state index in [1.165, 1.54) is 6.07 Å². The summed E-state index contributed by atoms with van der Waals surface area (Å²) in [5.74, 6) is -1.69. The van der Waals surface area contributed by atoms with E-state index in [2.05, 4.69) is 5.32 Å². The minimum Gasteiger partial charge on any atom is -0.463 e. The SMILES string of the molecule is CCOC(=O)C1=C(C)NC2=C(C(=O)C[C@H](c3cccs3)C2)[C@H]1c1ccccc1F. The molecule has 2 atom stereocenters. The van der Waals surface area contributed by atoms with Crippen molar-refractivity contribution in [3.8, 4) is 0 Å². The number of Topliss-reactive ketones (excluding diaryl/α,β-unsaturated/α-hetero) is 1. The smallest absolute Gasteiger partial charge is 0.336 e. The van der Waals surface area contributed by atoms with Gasteiger partial charge in [-0.3, -0.25) is 4.79 Å². The van der Waals surface area contributed by atoms with Gasteiger partial charge in [0.25, 0.3) is 0 Å². The Bertz CT molecular complexity index is 1020. The van der Waals surface area contributed by atoms with Crippen LogP contribution in [0, 0.1) is 5.82 Å². The van der Waals surface area contributed by atoms with Gasteiger partial charge in [-0.15, -0.1) is 11.3 Å². The quantitative estimate of drug-likeness (QED) is 0.734. The Hall–Kier alpha value is -2.73. The second-order valence-corrected chi connectivity index (χ2v) is 8.25. The van der Waals surface area contributed by atoms with E-state index in [-0.39, 0.29) is 18.3 Å². The van der Waals surface area contributed by atoms with Crippen LogP contribution in [0.1, 0.15) is 49.0 Å². The van der Waals surface area contributed by atoms with Crippen molar-refractivity contribution < 1.29 is 18.7 Å². The molecule has 2 aromatic rings. The third kappa shape index (κ3) is 3.53. The summed E-state index contributed by atoms with van der Waals surface area (Å²) in [6, 6.07) is 10.3. The molecule has 0 saturated carbocycles. The van der Waals surface area contributed by atoms with E-state index >= 15 is 0 Å². The van der Waals surface area contributed by atoms with Crippen molar-refractivity contribution in [1.82, 2.24) is 5.32 Å². The molecule has 150 valence electrons. The zero-order valence-electron chi connectivity index (χ0n) is 16.3. The molecule has 0 amide bonds. The molecule has 0 bridgehead atoms. The second-order valence-electron chi connectivity index (χ2n) is 7.27. The van der Waals surface area contributed by atoms with Crippen LogP contribution < -0.4 is 5.32 Å². The molecule has 2 heterocycles. The van der Waals surface area contributed by atoms with Crippen molar-refractivity contribution in [2.75, 3.05) is 6.61 Å². The molecule has 0 fully saturated rings. The highest BCUT2D eigenvalue weighted by Gasteiger charge is 2.42. The lowest BCUT2D eigenvalue weighted by Gasteiger charge is -2.36. The molecule has 1 aromatic carbocycles. The molecule has 4 nitrogen and oxygen atoms in total. The number of allylic oxidation sites excluding steroid dienone is 3. The fourth-order valence-corrected chi connectivity index (χ4v) is 5.09. The van der Waals surface area contributed by atoms with Crippen LogP contribution in [0.2, 0.25) is 0 Å². The van der Waals surface area contributed by atoms with Crippen LogP contribution in [-0.2, 0) is 14.3 Å². The molecule has 1 N–H and O–H groups in total. The Balaban J connectivity index is 1.83. The van der Waals surface area contributed by atoms with Crippen molar-refractivity contribution in [2.24, 2.45) is 0 Å². The normalized spacial score (nSPS) is 21.7. The monoisotopic (exact) mass is 411 g/mol. The van der Waals surface area contributed by atoms with Gasteiger partial charge in [-0.05, 0) is 37.8 Å². The summed E-state index contributed by atoms with van der Waals surface area (Å²) in [6.07, 6.45) is 1.00. The Morgan fingerprint density at radius 2 is 2.03 bits per heavy atom. The van der Waals surface area contributed by atoms with E-state index in [9.17, 15) is 14.0 Å². The topological polar surface area (TPSA) is 55.4 Å². The second kappa shape index (κ2) is 7.95. The van der Waals surface area contributed by atoms with E-state index in [0.29, 0.717) is 35.2 Å². The van der Waals surface area contributed by atoms with Crippen LogP contribution in [0.4, 0.5) is 4.39 Å². The van der Waals surface area contributed by atoms with Gasteiger partial charge in [-0.1, -0.05) is 24.3 Å². The van der Waals surface area contributed by atoms with Crippen molar-refractivity contribution in [3.63, 3.8) is 0 Å². The van der Waals surface area contributed by atoms with Gasteiger partial charge >= 0.3 is 5.97 Å². The molecule has 1 aliphatic heterocycles. The van der Waals surface area contributed by atoms with Crippen LogP contribution in [0.15, 0.2) is 64.3 Å². The summed E-state index contributed by atoms with van der Waals surface area (Å²) in [6.45, 7) is 3.72. The first-order chi connectivity index (χ1) is 14.0. The fraction of sp³-hybridized carbons (Fsp3) is 0.304. The van der Waals surface area contributed by atoms with E-state index in [1.54, 1.807) is 43.4 Å². The molecule has 0 radical (unpaired) electrons.